The minimum Gasteiger partial charge on any atom is -0.329 e. The molecule has 1 aliphatic rings. The van der Waals surface area contributed by atoms with Crippen LogP contribution in [-0.2, 0) is 24.4 Å². The molecule has 26 heavy (non-hydrogen) atoms. The summed E-state index contributed by atoms with van der Waals surface area (Å²) in [5, 5.41) is 2.52. The van der Waals surface area contributed by atoms with Crippen molar-refractivity contribution in [2.75, 3.05) is 0 Å². The Bertz CT molecular complexity index is 867. The predicted octanol–water partition coefficient (Wildman–Crippen LogP) is 1.52. The molecule has 1 aromatic carbocycles. The molecule has 0 saturated heterocycles. The van der Waals surface area contributed by atoms with Crippen LogP contribution in [-0.4, -0.2) is 27.0 Å². The number of hydrogen-bond donors (Lipinski definition) is 2. The molecule has 0 fully saturated rings. The fraction of sp³-hybridized carbons (Fsp3) is 0.167. The molecule has 0 spiro atoms. The van der Waals surface area contributed by atoms with Crippen molar-refractivity contribution in [2.45, 2.75) is 25.2 Å². The van der Waals surface area contributed by atoms with Gasteiger partial charge < -0.3 is 5.32 Å². The van der Waals surface area contributed by atoms with Crippen LogP contribution in [0.4, 0.5) is 0 Å². The number of sulfonamides is 1. The summed E-state index contributed by atoms with van der Waals surface area (Å²) in [4.78, 5) is 31.3. The highest BCUT2D eigenvalue weighted by Crippen LogP contribution is 2.13. The van der Waals surface area contributed by atoms with Crippen LogP contribution in [0, 0.1) is 6.92 Å². The number of Topliss-reactive ketones (excluding diaryl/α,β-unsaturated/α-hetero) is 1. The smallest absolute Gasteiger partial charge is 0.264 e. The molecule has 0 radical (unpaired) electrons. The number of nitrogens with one attached hydrogen (secondary N) is 2. The number of amides is 2. The summed E-state index contributed by atoms with van der Waals surface area (Å²) >= 11 is 0. The number of aryl methyl sites for hydroxylation is 1. The molecule has 0 unspecified atom stereocenters. The summed E-state index contributed by atoms with van der Waals surface area (Å²) in [5.74, 6) is 0.0632. The van der Waals surface area contributed by atoms with Gasteiger partial charge in [-0.25, -0.2) is 8.42 Å². The van der Waals surface area contributed by atoms with E-state index in [4.69, 9.17) is 0 Å². The molecule has 2 N–H and O–H groups in total. The molecule has 138 valence electrons. The van der Waals surface area contributed by atoms with Crippen LogP contribution in [0.25, 0.3) is 0 Å². The van der Waals surface area contributed by atoms with Gasteiger partial charge in [0.05, 0.1) is 4.90 Å². The molecule has 1 aromatic rings. The number of hydrogen-bond acceptors (Lipinski definition) is 5. The van der Waals surface area contributed by atoms with Gasteiger partial charge in [0.1, 0.15) is 0 Å². The summed E-state index contributed by atoms with van der Waals surface area (Å²) in [7, 11) is -3.66. The van der Waals surface area contributed by atoms with Gasteiger partial charge in [0, 0.05) is 5.70 Å². The van der Waals surface area contributed by atoms with E-state index >= 15 is 0 Å². The van der Waals surface area contributed by atoms with Crippen LogP contribution < -0.4 is 10.0 Å². The number of allylic oxidation sites excluding steroid dienone is 5. The van der Waals surface area contributed by atoms with E-state index in [9.17, 15) is 22.8 Å². The third kappa shape index (κ3) is 6.48. The normalized spacial score (nSPS) is 13.2. The molecule has 2 amide bonds. The lowest BCUT2D eigenvalue weighted by Gasteiger charge is -2.04. The highest BCUT2D eigenvalue weighted by Gasteiger charge is 2.14. The standard InChI is InChI=1S/C10H11NO2.C8H9NO3S/c1-8(13)9-3-2-4-10(6-5-9)11-7-12;1-7-4-2-3-5-8(7)13(11,12)9-6-10/h2,4-7H,3H2,1H3,(H,11,12);2-6H,1H3,(H,9,10). The van der Waals surface area contributed by atoms with Crippen molar-refractivity contribution in [1.82, 2.24) is 10.0 Å². The molecule has 7 nitrogen and oxygen atoms in total. The maximum atomic E-state index is 11.3. The number of rotatable bonds is 6. The van der Waals surface area contributed by atoms with Gasteiger partial charge in [-0.05, 0) is 49.6 Å². The van der Waals surface area contributed by atoms with Crippen LogP contribution in [0.3, 0.4) is 0 Å². The van der Waals surface area contributed by atoms with Crippen molar-refractivity contribution in [1.29, 1.82) is 0 Å². The Kier molecular flexibility index (Phi) is 8.17. The average molecular weight is 376 g/mol. The third-order valence-corrected chi connectivity index (χ3v) is 4.81. The van der Waals surface area contributed by atoms with E-state index in [-0.39, 0.29) is 17.1 Å². The second kappa shape index (κ2) is 10.1. The van der Waals surface area contributed by atoms with Crippen molar-refractivity contribution in [3.8, 4) is 0 Å². The molecule has 0 aliphatic heterocycles. The summed E-state index contributed by atoms with van der Waals surface area (Å²) in [6.07, 6.45) is 8.46. The minimum atomic E-state index is -3.66. The van der Waals surface area contributed by atoms with Crippen LogP contribution in [0.15, 0.2) is 64.7 Å². The second-order valence-corrected chi connectivity index (χ2v) is 6.93. The Labute approximate surface area is 152 Å². The van der Waals surface area contributed by atoms with Crippen molar-refractivity contribution < 1.29 is 22.8 Å². The molecule has 0 aromatic heterocycles. The van der Waals surface area contributed by atoms with E-state index < -0.39 is 10.0 Å². The Morgan fingerprint density at radius 3 is 2.38 bits per heavy atom. The Morgan fingerprint density at radius 1 is 1.12 bits per heavy atom. The van der Waals surface area contributed by atoms with Crippen molar-refractivity contribution in [2.24, 2.45) is 0 Å². The van der Waals surface area contributed by atoms with Gasteiger partial charge in [-0.1, -0.05) is 30.4 Å². The van der Waals surface area contributed by atoms with Crippen molar-refractivity contribution in [3.63, 3.8) is 0 Å². The third-order valence-electron chi connectivity index (χ3n) is 3.36. The SMILES string of the molecule is CC(=O)C1=CC=C(NC=O)C=CC1.Cc1ccccc1S(=O)(=O)NC=O. The molecule has 8 heteroatoms. The lowest BCUT2D eigenvalue weighted by Crippen LogP contribution is -2.22. The summed E-state index contributed by atoms with van der Waals surface area (Å²) < 4.78 is 24.4. The quantitative estimate of drug-likeness (QED) is 0.732. The molecular weight excluding hydrogens is 356 g/mol. The van der Waals surface area contributed by atoms with Gasteiger partial charge in [-0.2, -0.15) is 0 Å². The highest BCUT2D eigenvalue weighted by atomic mass is 32.2. The highest BCUT2D eigenvalue weighted by molar-refractivity contribution is 7.90. The summed E-state index contributed by atoms with van der Waals surface area (Å²) in [6.45, 7) is 3.20. The maximum absolute atomic E-state index is 11.3. The zero-order chi connectivity index (χ0) is 19.6. The van der Waals surface area contributed by atoms with E-state index in [1.54, 1.807) is 48.1 Å². The molecular formula is C18H20N2O5S. The molecule has 0 atom stereocenters. The van der Waals surface area contributed by atoms with E-state index in [2.05, 4.69) is 5.32 Å². The van der Waals surface area contributed by atoms with Gasteiger partial charge in [0.25, 0.3) is 10.0 Å². The first-order valence-corrected chi connectivity index (χ1v) is 9.10. The minimum absolute atomic E-state index is 0.0632. The number of carbonyl (C=O) groups is 3. The van der Waals surface area contributed by atoms with Crippen LogP contribution in [0.5, 0.6) is 0 Å². The molecule has 0 heterocycles. The summed E-state index contributed by atoms with van der Waals surface area (Å²) in [5.41, 5.74) is 2.06. The zero-order valence-electron chi connectivity index (χ0n) is 14.4. The first-order valence-electron chi connectivity index (χ1n) is 7.62. The summed E-state index contributed by atoms with van der Waals surface area (Å²) in [6, 6.07) is 6.45. The monoisotopic (exact) mass is 376 g/mol. The fourth-order valence-electron chi connectivity index (χ4n) is 2.04. The van der Waals surface area contributed by atoms with Crippen molar-refractivity contribution >= 4 is 28.6 Å². The fourth-order valence-corrected chi connectivity index (χ4v) is 3.04. The van der Waals surface area contributed by atoms with E-state index in [0.29, 0.717) is 24.1 Å². The lowest BCUT2D eigenvalue weighted by molar-refractivity contribution is -0.113. The first kappa shape index (κ1) is 21.0. The van der Waals surface area contributed by atoms with Crippen LogP contribution in [0.2, 0.25) is 0 Å². The van der Waals surface area contributed by atoms with Gasteiger partial charge >= 0.3 is 0 Å². The Morgan fingerprint density at radius 2 is 1.81 bits per heavy atom. The lowest BCUT2D eigenvalue weighted by atomic mass is 10.1. The second-order valence-electron chi connectivity index (χ2n) is 5.24. The van der Waals surface area contributed by atoms with E-state index in [1.807, 2.05) is 6.08 Å². The largest absolute Gasteiger partial charge is 0.329 e. The number of benzene rings is 1. The zero-order valence-corrected chi connectivity index (χ0v) is 15.2. The molecule has 2 rings (SSSR count). The van der Waals surface area contributed by atoms with Gasteiger partial charge in [0.2, 0.25) is 12.8 Å². The van der Waals surface area contributed by atoms with E-state index in [1.165, 1.54) is 13.0 Å². The van der Waals surface area contributed by atoms with Gasteiger partial charge in [0.15, 0.2) is 5.78 Å². The number of ketones is 1. The number of carbonyl (C=O) groups excluding carboxylic acids is 3. The predicted molar refractivity (Wildman–Crippen MR) is 97.4 cm³/mol. The maximum Gasteiger partial charge on any atom is 0.264 e. The van der Waals surface area contributed by atoms with Gasteiger partial charge in [-0.15, -0.1) is 0 Å². The Hall–Kier alpha value is -3.00. The molecule has 0 bridgehead atoms. The van der Waals surface area contributed by atoms with Crippen molar-refractivity contribution in [3.05, 3.63) is 65.4 Å². The van der Waals surface area contributed by atoms with E-state index in [0.717, 1.165) is 5.57 Å². The van der Waals surface area contributed by atoms with Crippen LogP contribution in [0.1, 0.15) is 18.9 Å². The van der Waals surface area contributed by atoms with Crippen LogP contribution >= 0.6 is 0 Å². The average Bonchev–Trinajstić information content (AvgIpc) is 2.82. The first-order chi connectivity index (χ1) is 12.3. The van der Waals surface area contributed by atoms with Gasteiger partial charge in [-0.3, -0.25) is 19.1 Å². The molecule has 1 aliphatic carbocycles. The topological polar surface area (TPSA) is 109 Å². The molecule has 0 saturated carbocycles. The Balaban J connectivity index is 0.000000260.